The van der Waals surface area contributed by atoms with Crippen LogP contribution >= 0.6 is 0 Å². The quantitative estimate of drug-likeness (QED) is 0.649. The van der Waals surface area contributed by atoms with Gasteiger partial charge in [-0.25, -0.2) is 9.97 Å². The molecule has 23 heavy (non-hydrogen) atoms. The average Bonchev–Trinajstić information content (AvgIpc) is 3.24. The van der Waals surface area contributed by atoms with Crippen molar-refractivity contribution in [3.8, 4) is 11.3 Å². The van der Waals surface area contributed by atoms with Gasteiger partial charge in [0.15, 0.2) is 0 Å². The molecule has 6 heteroatoms. The van der Waals surface area contributed by atoms with Crippen LogP contribution in [0.2, 0.25) is 0 Å². The fourth-order valence-electron chi connectivity index (χ4n) is 2.67. The number of aromatic nitrogens is 4. The number of aromatic amines is 2. The lowest BCUT2D eigenvalue weighted by atomic mass is 10.0. The molecule has 6 nitrogen and oxygen atoms in total. The van der Waals surface area contributed by atoms with Gasteiger partial charge in [-0.1, -0.05) is 26.7 Å². The van der Waals surface area contributed by atoms with E-state index in [0.29, 0.717) is 18.2 Å². The summed E-state index contributed by atoms with van der Waals surface area (Å²) >= 11 is 0. The molecule has 3 rings (SSSR count). The Morgan fingerprint density at radius 1 is 1.30 bits per heavy atom. The fourth-order valence-corrected chi connectivity index (χ4v) is 2.67. The summed E-state index contributed by atoms with van der Waals surface area (Å²) in [6.07, 6.45) is 7.30. The molecule has 0 unspecified atom stereocenters. The molecule has 0 radical (unpaired) electrons. The van der Waals surface area contributed by atoms with Crippen molar-refractivity contribution in [2.45, 2.75) is 26.7 Å². The summed E-state index contributed by atoms with van der Waals surface area (Å²) in [6, 6.07) is 3.77. The average molecular weight is 315 g/mol. The van der Waals surface area contributed by atoms with Crippen molar-refractivity contribution >= 4 is 16.9 Å². The van der Waals surface area contributed by atoms with Crippen molar-refractivity contribution in [2.75, 3.05) is 6.54 Å². The van der Waals surface area contributed by atoms with Crippen LogP contribution in [-0.4, -0.2) is 32.4 Å². The van der Waals surface area contributed by atoms with Crippen LogP contribution in [-0.2, 0) is 0 Å². The Morgan fingerprint density at radius 3 is 2.91 bits per heavy atom. The zero-order valence-corrected chi connectivity index (χ0v) is 13.4. The second-order valence-electron chi connectivity index (χ2n) is 5.66. The maximum atomic E-state index is 12.3. The molecular weight excluding hydrogens is 290 g/mol. The third-order valence-corrected chi connectivity index (χ3v) is 4.26. The van der Waals surface area contributed by atoms with Crippen LogP contribution in [0.1, 0.15) is 40.0 Å². The third-order valence-electron chi connectivity index (χ3n) is 4.26. The number of fused-ring (bicyclic) bond motifs is 1. The van der Waals surface area contributed by atoms with Crippen molar-refractivity contribution in [1.82, 2.24) is 25.3 Å². The minimum atomic E-state index is -0.0810. The first-order valence-corrected chi connectivity index (χ1v) is 7.98. The summed E-state index contributed by atoms with van der Waals surface area (Å²) in [7, 11) is 0. The van der Waals surface area contributed by atoms with Crippen LogP contribution in [0.25, 0.3) is 22.3 Å². The first-order valence-electron chi connectivity index (χ1n) is 7.98. The van der Waals surface area contributed by atoms with Gasteiger partial charge in [0.05, 0.1) is 5.69 Å². The number of carbonyl (C=O) groups is 1. The maximum absolute atomic E-state index is 12.3. The lowest BCUT2D eigenvalue weighted by molar-refractivity contribution is 0.0942. The molecule has 0 bridgehead atoms. The van der Waals surface area contributed by atoms with Gasteiger partial charge in [0.25, 0.3) is 5.91 Å². The Balaban J connectivity index is 0.00000156. The zero-order chi connectivity index (χ0) is 16.2. The SMILES string of the molecule is CCC(CC)CNC(=O)c1cc(-c2ncnc3[nH]ccc23)c[nH]1.[HH].[HH]. The Labute approximate surface area is 137 Å². The predicted octanol–water partition coefficient (Wildman–Crippen LogP) is 3.61. The van der Waals surface area contributed by atoms with E-state index >= 15 is 0 Å². The normalized spacial score (nSPS) is 11.3. The highest BCUT2D eigenvalue weighted by Gasteiger charge is 2.14. The van der Waals surface area contributed by atoms with E-state index in [-0.39, 0.29) is 8.76 Å². The standard InChI is InChI=1S/C17H21N5O.2H2/c1-3-11(4-2)8-20-17(23)14-7-12(9-19-14)15-13-5-6-18-16(13)22-10-21-15;;/h5-7,9-11,19H,3-4,8H2,1-2H3,(H,20,23)(H,18,21,22);2*1H. The minimum absolute atomic E-state index is 0. The molecule has 3 N–H and O–H groups in total. The fraction of sp³-hybridized carbons (Fsp3) is 0.353. The van der Waals surface area contributed by atoms with Gasteiger partial charge in [0.2, 0.25) is 0 Å². The number of rotatable bonds is 6. The molecule has 1 amide bonds. The molecule has 3 aromatic rings. The van der Waals surface area contributed by atoms with E-state index < -0.39 is 0 Å². The van der Waals surface area contributed by atoms with E-state index in [9.17, 15) is 4.79 Å². The maximum Gasteiger partial charge on any atom is 0.267 e. The Hall–Kier alpha value is -2.63. The van der Waals surface area contributed by atoms with Crippen LogP contribution < -0.4 is 5.32 Å². The molecule has 0 atom stereocenters. The van der Waals surface area contributed by atoms with Crippen molar-refractivity contribution < 1.29 is 7.65 Å². The summed E-state index contributed by atoms with van der Waals surface area (Å²) < 4.78 is 0. The van der Waals surface area contributed by atoms with Gasteiger partial charge in [-0.3, -0.25) is 4.79 Å². The largest absolute Gasteiger partial charge is 0.357 e. The number of amides is 1. The van der Waals surface area contributed by atoms with E-state index in [1.165, 1.54) is 6.33 Å². The second kappa shape index (κ2) is 6.64. The van der Waals surface area contributed by atoms with E-state index in [1.807, 2.05) is 18.3 Å². The van der Waals surface area contributed by atoms with Gasteiger partial charge in [0.1, 0.15) is 17.7 Å². The molecule has 3 heterocycles. The molecule has 0 aromatic carbocycles. The predicted molar refractivity (Wildman–Crippen MR) is 94.3 cm³/mol. The van der Waals surface area contributed by atoms with Crippen molar-refractivity contribution in [2.24, 2.45) is 5.92 Å². The van der Waals surface area contributed by atoms with Gasteiger partial charge in [-0.05, 0) is 18.1 Å². The number of nitrogens with one attached hydrogen (secondary N) is 3. The monoisotopic (exact) mass is 315 g/mol. The molecule has 0 fully saturated rings. The Morgan fingerprint density at radius 2 is 2.13 bits per heavy atom. The number of hydrogen-bond donors (Lipinski definition) is 3. The molecule has 0 aliphatic rings. The first kappa shape index (κ1) is 15.3. The zero-order valence-electron chi connectivity index (χ0n) is 13.4. The highest BCUT2D eigenvalue weighted by atomic mass is 16.1. The molecule has 0 aliphatic heterocycles. The molecular formula is C17H25N5O. The number of H-pyrrole nitrogens is 2. The molecule has 0 spiro atoms. The lowest BCUT2D eigenvalue weighted by Gasteiger charge is -2.12. The van der Waals surface area contributed by atoms with Crippen LogP contribution in [0.3, 0.4) is 0 Å². The van der Waals surface area contributed by atoms with Gasteiger partial charge in [-0.15, -0.1) is 0 Å². The van der Waals surface area contributed by atoms with Crippen molar-refractivity contribution in [1.29, 1.82) is 0 Å². The van der Waals surface area contributed by atoms with E-state index in [2.05, 4.69) is 39.1 Å². The highest BCUT2D eigenvalue weighted by Crippen LogP contribution is 2.25. The molecule has 0 saturated carbocycles. The smallest absolute Gasteiger partial charge is 0.267 e. The third kappa shape index (κ3) is 3.11. The highest BCUT2D eigenvalue weighted by molar-refractivity contribution is 5.96. The van der Waals surface area contributed by atoms with Gasteiger partial charge < -0.3 is 15.3 Å². The van der Waals surface area contributed by atoms with Crippen LogP contribution in [0.5, 0.6) is 0 Å². The number of nitrogens with zero attached hydrogens (tertiary/aromatic N) is 2. The summed E-state index contributed by atoms with van der Waals surface area (Å²) in [5.41, 5.74) is 3.03. The van der Waals surface area contributed by atoms with Crippen molar-refractivity contribution in [3.05, 3.63) is 36.5 Å². The molecule has 0 saturated heterocycles. The summed E-state index contributed by atoms with van der Waals surface area (Å²) in [5, 5.41) is 3.93. The summed E-state index contributed by atoms with van der Waals surface area (Å²) in [4.78, 5) is 26.9. The molecule has 0 aliphatic carbocycles. The van der Waals surface area contributed by atoms with E-state index in [0.717, 1.165) is 35.1 Å². The van der Waals surface area contributed by atoms with Gasteiger partial charge >= 0.3 is 0 Å². The number of carbonyl (C=O) groups excluding carboxylic acids is 1. The van der Waals surface area contributed by atoms with Crippen LogP contribution in [0.4, 0.5) is 0 Å². The van der Waals surface area contributed by atoms with Gasteiger partial charge in [-0.2, -0.15) is 0 Å². The van der Waals surface area contributed by atoms with Crippen molar-refractivity contribution in [3.63, 3.8) is 0 Å². The lowest BCUT2D eigenvalue weighted by Crippen LogP contribution is -2.29. The van der Waals surface area contributed by atoms with Gasteiger partial charge in [0, 0.05) is 32.7 Å². The second-order valence-corrected chi connectivity index (χ2v) is 5.66. The van der Waals surface area contributed by atoms with E-state index in [4.69, 9.17) is 0 Å². The minimum Gasteiger partial charge on any atom is -0.357 e. The Bertz CT molecular complexity index is 810. The molecule has 124 valence electrons. The summed E-state index contributed by atoms with van der Waals surface area (Å²) in [5.74, 6) is 0.442. The topological polar surface area (TPSA) is 86.5 Å². The van der Waals surface area contributed by atoms with E-state index in [1.54, 1.807) is 6.20 Å². The number of hydrogen-bond acceptors (Lipinski definition) is 3. The molecule has 3 aromatic heterocycles. The van der Waals surface area contributed by atoms with Crippen LogP contribution in [0, 0.1) is 5.92 Å². The first-order chi connectivity index (χ1) is 11.2. The summed E-state index contributed by atoms with van der Waals surface area (Å²) in [6.45, 7) is 4.99. The van der Waals surface area contributed by atoms with Crippen LogP contribution in [0.15, 0.2) is 30.9 Å². The Kier molecular flexibility index (Phi) is 4.41.